The standard InChI is InChI=1S/C18H18N6O/c1-11-5-3-4-6-14(11)21-18-19-10-13-7-8-24-15(17(13)22-18)9-16(23-24)20-12(2)25/h3-6,9-10H,7-8H2,1-2H3,(H,19,21,22)(H,20,23,25). The fourth-order valence-electron chi connectivity index (χ4n) is 2.95. The van der Waals surface area contributed by atoms with E-state index in [9.17, 15) is 4.79 Å². The van der Waals surface area contributed by atoms with E-state index in [2.05, 4.69) is 25.7 Å². The summed E-state index contributed by atoms with van der Waals surface area (Å²) in [5, 5.41) is 10.4. The molecule has 126 valence electrons. The van der Waals surface area contributed by atoms with Gasteiger partial charge in [-0.05, 0) is 25.0 Å². The first-order valence-corrected chi connectivity index (χ1v) is 8.14. The number of anilines is 3. The van der Waals surface area contributed by atoms with Gasteiger partial charge in [0.05, 0.1) is 11.4 Å². The van der Waals surface area contributed by atoms with Gasteiger partial charge in [-0.2, -0.15) is 5.10 Å². The van der Waals surface area contributed by atoms with Gasteiger partial charge in [-0.1, -0.05) is 18.2 Å². The van der Waals surface area contributed by atoms with E-state index in [4.69, 9.17) is 0 Å². The summed E-state index contributed by atoms with van der Waals surface area (Å²) in [6, 6.07) is 9.86. The Kier molecular flexibility index (Phi) is 3.68. The average molecular weight is 334 g/mol. The fourth-order valence-corrected chi connectivity index (χ4v) is 2.95. The van der Waals surface area contributed by atoms with Crippen molar-refractivity contribution in [1.29, 1.82) is 0 Å². The molecule has 0 radical (unpaired) electrons. The molecule has 7 nitrogen and oxygen atoms in total. The molecule has 0 aliphatic carbocycles. The van der Waals surface area contributed by atoms with Crippen LogP contribution in [0.3, 0.4) is 0 Å². The van der Waals surface area contributed by atoms with Gasteiger partial charge in [0.2, 0.25) is 11.9 Å². The number of para-hydroxylation sites is 1. The fraction of sp³-hybridized carbons (Fsp3) is 0.222. The maximum Gasteiger partial charge on any atom is 0.227 e. The van der Waals surface area contributed by atoms with Gasteiger partial charge in [-0.3, -0.25) is 9.48 Å². The number of carbonyl (C=O) groups is 1. The van der Waals surface area contributed by atoms with E-state index >= 15 is 0 Å². The first-order chi connectivity index (χ1) is 12.1. The number of fused-ring (bicyclic) bond motifs is 3. The molecule has 1 aromatic carbocycles. The monoisotopic (exact) mass is 334 g/mol. The van der Waals surface area contributed by atoms with Crippen LogP contribution in [0.4, 0.5) is 17.5 Å². The third-order valence-electron chi connectivity index (χ3n) is 4.18. The van der Waals surface area contributed by atoms with Crippen LogP contribution in [0, 0.1) is 6.92 Å². The van der Waals surface area contributed by atoms with Crippen molar-refractivity contribution in [1.82, 2.24) is 19.7 Å². The van der Waals surface area contributed by atoms with Gasteiger partial charge in [0.1, 0.15) is 0 Å². The summed E-state index contributed by atoms with van der Waals surface area (Å²) < 4.78 is 1.87. The van der Waals surface area contributed by atoms with Crippen LogP contribution in [0.25, 0.3) is 11.4 Å². The van der Waals surface area contributed by atoms with E-state index in [0.717, 1.165) is 41.2 Å². The van der Waals surface area contributed by atoms with Gasteiger partial charge >= 0.3 is 0 Å². The largest absolute Gasteiger partial charge is 0.324 e. The summed E-state index contributed by atoms with van der Waals surface area (Å²) in [6.45, 7) is 4.25. The van der Waals surface area contributed by atoms with E-state index in [0.29, 0.717) is 11.8 Å². The molecule has 1 amide bonds. The van der Waals surface area contributed by atoms with Crippen molar-refractivity contribution in [2.75, 3.05) is 10.6 Å². The van der Waals surface area contributed by atoms with E-state index < -0.39 is 0 Å². The number of aromatic nitrogens is 4. The van der Waals surface area contributed by atoms with Gasteiger partial charge in [-0.15, -0.1) is 0 Å². The van der Waals surface area contributed by atoms with E-state index in [1.807, 2.05) is 48.1 Å². The first kappa shape index (κ1) is 15.3. The number of aryl methyl sites for hydroxylation is 3. The Balaban J connectivity index is 1.70. The van der Waals surface area contributed by atoms with Crippen molar-refractivity contribution in [2.45, 2.75) is 26.8 Å². The molecule has 0 unspecified atom stereocenters. The van der Waals surface area contributed by atoms with Crippen LogP contribution in [0.15, 0.2) is 36.5 Å². The molecule has 0 spiro atoms. The number of hydrogen-bond donors (Lipinski definition) is 2. The second-order valence-corrected chi connectivity index (χ2v) is 6.08. The van der Waals surface area contributed by atoms with Gasteiger partial charge < -0.3 is 10.6 Å². The number of hydrogen-bond acceptors (Lipinski definition) is 5. The molecule has 4 rings (SSSR count). The lowest BCUT2D eigenvalue weighted by Gasteiger charge is -2.17. The highest BCUT2D eigenvalue weighted by Gasteiger charge is 2.21. The lowest BCUT2D eigenvalue weighted by Crippen LogP contribution is -2.14. The minimum Gasteiger partial charge on any atom is -0.324 e. The Morgan fingerprint density at radius 1 is 1.28 bits per heavy atom. The third-order valence-corrected chi connectivity index (χ3v) is 4.18. The Labute approximate surface area is 145 Å². The molecule has 2 aromatic heterocycles. The summed E-state index contributed by atoms with van der Waals surface area (Å²) >= 11 is 0. The minimum atomic E-state index is -0.139. The van der Waals surface area contributed by atoms with E-state index in [1.54, 1.807) is 0 Å². The molecule has 1 aliphatic rings. The van der Waals surface area contributed by atoms with Crippen molar-refractivity contribution in [3.63, 3.8) is 0 Å². The molecule has 25 heavy (non-hydrogen) atoms. The number of amides is 1. The third kappa shape index (κ3) is 2.96. The number of nitrogens with zero attached hydrogens (tertiary/aromatic N) is 4. The van der Waals surface area contributed by atoms with Crippen molar-refractivity contribution in [3.8, 4) is 11.4 Å². The average Bonchev–Trinajstić information content (AvgIpc) is 2.99. The summed E-state index contributed by atoms with van der Waals surface area (Å²) in [7, 11) is 0. The molecular formula is C18H18N6O. The topological polar surface area (TPSA) is 84.7 Å². The Morgan fingerprint density at radius 2 is 2.12 bits per heavy atom. The maximum absolute atomic E-state index is 11.3. The highest BCUT2D eigenvalue weighted by Crippen LogP contribution is 2.30. The number of rotatable bonds is 3. The van der Waals surface area contributed by atoms with E-state index in [-0.39, 0.29) is 5.91 Å². The highest BCUT2D eigenvalue weighted by atomic mass is 16.1. The van der Waals surface area contributed by atoms with Gasteiger partial charge in [0, 0.05) is 37.0 Å². The van der Waals surface area contributed by atoms with Crippen molar-refractivity contribution >= 4 is 23.4 Å². The molecular weight excluding hydrogens is 316 g/mol. The Hall–Kier alpha value is -3.22. The molecule has 3 aromatic rings. The Morgan fingerprint density at radius 3 is 2.92 bits per heavy atom. The van der Waals surface area contributed by atoms with Gasteiger partial charge in [-0.25, -0.2) is 9.97 Å². The van der Waals surface area contributed by atoms with Crippen molar-refractivity contribution < 1.29 is 4.79 Å². The molecule has 3 heterocycles. The van der Waals surface area contributed by atoms with Crippen LogP contribution in [0.2, 0.25) is 0 Å². The predicted octanol–water partition coefficient (Wildman–Crippen LogP) is 2.91. The summed E-state index contributed by atoms with van der Waals surface area (Å²) in [5.74, 6) is 0.950. The van der Waals surface area contributed by atoms with Crippen LogP contribution in [0.1, 0.15) is 18.1 Å². The Bertz CT molecular complexity index is 962. The number of nitrogens with one attached hydrogen (secondary N) is 2. The lowest BCUT2D eigenvalue weighted by molar-refractivity contribution is -0.114. The van der Waals surface area contributed by atoms with Crippen molar-refractivity contribution in [2.24, 2.45) is 0 Å². The highest BCUT2D eigenvalue weighted by molar-refractivity contribution is 5.88. The molecule has 7 heteroatoms. The van der Waals surface area contributed by atoms with Crippen LogP contribution in [-0.4, -0.2) is 25.7 Å². The molecule has 0 saturated heterocycles. The van der Waals surface area contributed by atoms with Crippen molar-refractivity contribution in [3.05, 3.63) is 47.7 Å². The molecule has 1 aliphatic heterocycles. The number of benzene rings is 1. The molecule has 2 N–H and O–H groups in total. The quantitative estimate of drug-likeness (QED) is 0.769. The van der Waals surface area contributed by atoms with Crippen LogP contribution < -0.4 is 10.6 Å². The smallest absolute Gasteiger partial charge is 0.227 e. The van der Waals surface area contributed by atoms with Crippen LogP contribution in [-0.2, 0) is 17.8 Å². The molecule has 0 bridgehead atoms. The van der Waals surface area contributed by atoms with Crippen LogP contribution in [0.5, 0.6) is 0 Å². The lowest BCUT2D eigenvalue weighted by atomic mass is 10.1. The SMILES string of the molecule is CC(=O)Nc1cc2n(n1)CCc1cnc(Nc3ccccc3C)nc1-2. The number of carbonyl (C=O) groups excluding carboxylic acids is 1. The van der Waals surface area contributed by atoms with Crippen LogP contribution >= 0.6 is 0 Å². The summed E-state index contributed by atoms with van der Waals surface area (Å²) in [5.41, 5.74) is 4.92. The molecule has 0 fully saturated rings. The van der Waals surface area contributed by atoms with E-state index in [1.165, 1.54) is 6.92 Å². The van der Waals surface area contributed by atoms with Gasteiger partial charge in [0.15, 0.2) is 5.82 Å². The maximum atomic E-state index is 11.3. The minimum absolute atomic E-state index is 0.139. The summed E-state index contributed by atoms with van der Waals surface area (Å²) in [6.07, 6.45) is 2.67. The molecule has 0 atom stereocenters. The zero-order valence-corrected chi connectivity index (χ0v) is 14.1. The zero-order valence-electron chi connectivity index (χ0n) is 14.1. The second-order valence-electron chi connectivity index (χ2n) is 6.08. The summed E-state index contributed by atoms with van der Waals surface area (Å²) in [4.78, 5) is 20.4. The zero-order chi connectivity index (χ0) is 17.4. The predicted molar refractivity (Wildman–Crippen MR) is 95.7 cm³/mol. The normalized spacial score (nSPS) is 12.2. The first-order valence-electron chi connectivity index (χ1n) is 8.14. The molecule has 0 saturated carbocycles. The van der Waals surface area contributed by atoms with Gasteiger partial charge in [0.25, 0.3) is 0 Å². The second kappa shape index (κ2) is 6.01.